The van der Waals surface area contributed by atoms with Crippen LogP contribution >= 0.6 is 0 Å². The van der Waals surface area contributed by atoms with E-state index >= 15 is 0 Å². The minimum absolute atomic E-state index is 0.00613. The number of non-ortho nitro benzene ring substituents is 1. The van der Waals surface area contributed by atoms with E-state index in [1.165, 1.54) is 24.3 Å². The average Bonchev–Trinajstić information content (AvgIpc) is 2.79. The molecule has 0 bridgehead atoms. The number of nitrogens with zero attached hydrogens (tertiary/aromatic N) is 3. The number of rotatable bonds is 7. The van der Waals surface area contributed by atoms with Gasteiger partial charge in [-0.15, -0.1) is 0 Å². The highest BCUT2D eigenvalue weighted by Crippen LogP contribution is 2.20. The molecule has 9 heteroatoms. The molecule has 2 amide bonds. The smallest absolute Gasteiger partial charge is 0.269 e. The molecule has 2 aromatic rings. The Morgan fingerprint density at radius 3 is 2.23 bits per heavy atom. The first-order chi connectivity index (χ1) is 14.5. The van der Waals surface area contributed by atoms with Gasteiger partial charge in [-0.25, -0.2) is 0 Å². The summed E-state index contributed by atoms with van der Waals surface area (Å²) in [6, 6.07) is 13.2. The second kappa shape index (κ2) is 9.73. The van der Waals surface area contributed by atoms with Crippen molar-refractivity contribution in [2.45, 2.75) is 6.42 Å². The van der Waals surface area contributed by atoms with Crippen molar-refractivity contribution in [2.24, 2.45) is 0 Å². The highest BCUT2D eigenvalue weighted by atomic mass is 16.6. The van der Waals surface area contributed by atoms with Gasteiger partial charge in [-0.05, 0) is 36.4 Å². The van der Waals surface area contributed by atoms with Crippen LogP contribution < -0.4 is 15.0 Å². The Hall–Kier alpha value is -3.62. The molecule has 1 N–H and O–H groups in total. The van der Waals surface area contributed by atoms with Crippen LogP contribution in [0.1, 0.15) is 16.8 Å². The van der Waals surface area contributed by atoms with Crippen LogP contribution in [0.2, 0.25) is 0 Å². The molecule has 1 fully saturated rings. The molecule has 9 nitrogen and oxygen atoms in total. The molecule has 0 aromatic heterocycles. The maximum atomic E-state index is 12.4. The summed E-state index contributed by atoms with van der Waals surface area (Å²) >= 11 is 0. The fourth-order valence-corrected chi connectivity index (χ4v) is 3.28. The topological polar surface area (TPSA) is 105 Å². The van der Waals surface area contributed by atoms with Crippen molar-refractivity contribution in [1.29, 1.82) is 0 Å². The summed E-state index contributed by atoms with van der Waals surface area (Å²) in [4.78, 5) is 38.7. The van der Waals surface area contributed by atoms with Crippen molar-refractivity contribution in [2.75, 3.05) is 44.7 Å². The highest BCUT2D eigenvalue weighted by molar-refractivity contribution is 5.94. The van der Waals surface area contributed by atoms with Gasteiger partial charge in [0.25, 0.3) is 11.6 Å². The third-order valence-corrected chi connectivity index (χ3v) is 5.03. The standard InChI is InChI=1S/C21H24N4O5/c1-30-19-8-6-17(7-9-19)23-12-14-24(15-13-23)20(26)10-11-22-21(27)16-2-4-18(5-3-16)25(28)29/h2-9H,10-15H2,1H3,(H,22,27). The van der Waals surface area contributed by atoms with E-state index in [9.17, 15) is 19.7 Å². The molecule has 0 unspecified atom stereocenters. The van der Waals surface area contributed by atoms with Gasteiger partial charge in [0.15, 0.2) is 0 Å². The van der Waals surface area contributed by atoms with Crippen molar-refractivity contribution in [3.63, 3.8) is 0 Å². The van der Waals surface area contributed by atoms with E-state index in [0.29, 0.717) is 18.7 Å². The van der Waals surface area contributed by atoms with Gasteiger partial charge in [0.1, 0.15) is 5.75 Å². The van der Waals surface area contributed by atoms with Crippen molar-refractivity contribution < 1.29 is 19.2 Å². The molecule has 1 saturated heterocycles. The monoisotopic (exact) mass is 412 g/mol. The largest absolute Gasteiger partial charge is 0.497 e. The SMILES string of the molecule is COc1ccc(N2CCN(C(=O)CCNC(=O)c3ccc([N+](=O)[O-])cc3)CC2)cc1. The van der Waals surface area contributed by atoms with Gasteiger partial charge >= 0.3 is 0 Å². The molecule has 30 heavy (non-hydrogen) atoms. The summed E-state index contributed by atoms with van der Waals surface area (Å²) < 4.78 is 5.17. The zero-order chi connectivity index (χ0) is 21.5. The molecule has 0 spiro atoms. The van der Waals surface area contributed by atoms with E-state index in [1.54, 1.807) is 12.0 Å². The number of nitro benzene ring substituents is 1. The molecule has 0 saturated carbocycles. The molecule has 3 rings (SSSR count). The van der Waals surface area contributed by atoms with Gasteiger partial charge in [-0.2, -0.15) is 0 Å². The predicted octanol–water partition coefficient (Wildman–Crippen LogP) is 2.07. The molecule has 158 valence electrons. The first kappa shape index (κ1) is 21.1. The number of nitrogens with one attached hydrogen (secondary N) is 1. The third kappa shape index (κ3) is 5.25. The van der Waals surface area contributed by atoms with Gasteiger partial charge in [0.2, 0.25) is 5.91 Å². The summed E-state index contributed by atoms with van der Waals surface area (Å²) in [5, 5.41) is 13.3. The first-order valence-electron chi connectivity index (χ1n) is 9.67. The number of anilines is 1. The van der Waals surface area contributed by atoms with Gasteiger partial charge in [-0.1, -0.05) is 0 Å². The van der Waals surface area contributed by atoms with E-state index < -0.39 is 4.92 Å². The van der Waals surface area contributed by atoms with Crippen LogP contribution in [0.5, 0.6) is 5.75 Å². The fourth-order valence-electron chi connectivity index (χ4n) is 3.28. The van der Waals surface area contributed by atoms with Gasteiger partial charge in [-0.3, -0.25) is 19.7 Å². The number of hydrogen-bond donors (Lipinski definition) is 1. The van der Waals surface area contributed by atoms with Crippen molar-refractivity contribution in [3.8, 4) is 5.75 Å². The number of carbonyl (C=O) groups is 2. The minimum Gasteiger partial charge on any atom is -0.497 e. The quantitative estimate of drug-likeness (QED) is 0.551. The number of benzene rings is 2. The first-order valence-corrected chi connectivity index (χ1v) is 9.67. The van der Waals surface area contributed by atoms with Crippen LogP contribution in [-0.2, 0) is 4.79 Å². The molecule has 2 aromatic carbocycles. The lowest BCUT2D eigenvalue weighted by Crippen LogP contribution is -2.49. The summed E-state index contributed by atoms with van der Waals surface area (Å²) in [5.74, 6) is 0.443. The van der Waals surface area contributed by atoms with Gasteiger partial charge in [0, 0.05) is 62.5 Å². The van der Waals surface area contributed by atoms with E-state index in [0.717, 1.165) is 24.5 Å². The van der Waals surface area contributed by atoms with Crippen molar-refractivity contribution >= 4 is 23.2 Å². The molecular weight excluding hydrogens is 388 g/mol. The second-order valence-corrected chi connectivity index (χ2v) is 6.88. The minimum atomic E-state index is -0.519. The maximum Gasteiger partial charge on any atom is 0.269 e. The Balaban J connectivity index is 1.41. The van der Waals surface area contributed by atoms with E-state index in [-0.39, 0.29) is 30.5 Å². The lowest BCUT2D eigenvalue weighted by atomic mass is 10.2. The lowest BCUT2D eigenvalue weighted by molar-refractivity contribution is -0.384. The van der Waals surface area contributed by atoms with Gasteiger partial charge < -0.3 is 19.9 Å². The number of methoxy groups -OCH3 is 1. The number of ether oxygens (including phenoxy) is 1. The maximum absolute atomic E-state index is 12.4. The normalized spacial score (nSPS) is 13.6. The number of carbonyl (C=O) groups excluding carboxylic acids is 2. The molecule has 0 aliphatic carbocycles. The number of amides is 2. The Labute approximate surface area is 174 Å². The molecule has 0 radical (unpaired) electrons. The van der Waals surface area contributed by atoms with E-state index in [2.05, 4.69) is 10.2 Å². The lowest BCUT2D eigenvalue weighted by Gasteiger charge is -2.36. The summed E-state index contributed by atoms with van der Waals surface area (Å²) in [5.41, 5.74) is 1.34. The van der Waals surface area contributed by atoms with E-state index in [4.69, 9.17) is 4.74 Å². The second-order valence-electron chi connectivity index (χ2n) is 6.88. The number of hydrogen-bond acceptors (Lipinski definition) is 6. The zero-order valence-corrected chi connectivity index (χ0v) is 16.7. The molecular formula is C21H24N4O5. The average molecular weight is 412 g/mol. The van der Waals surface area contributed by atoms with Crippen LogP contribution in [-0.4, -0.2) is 61.5 Å². The Bertz CT molecular complexity index is 891. The Morgan fingerprint density at radius 1 is 1.03 bits per heavy atom. The van der Waals surface area contributed by atoms with Crippen LogP contribution in [0.15, 0.2) is 48.5 Å². The Morgan fingerprint density at radius 2 is 1.67 bits per heavy atom. The van der Waals surface area contributed by atoms with Crippen LogP contribution in [0.25, 0.3) is 0 Å². The predicted molar refractivity (Wildman–Crippen MR) is 112 cm³/mol. The van der Waals surface area contributed by atoms with Crippen molar-refractivity contribution in [1.82, 2.24) is 10.2 Å². The number of nitro groups is 1. The highest BCUT2D eigenvalue weighted by Gasteiger charge is 2.21. The molecule has 1 heterocycles. The summed E-state index contributed by atoms with van der Waals surface area (Å²) in [6.07, 6.45) is 0.210. The van der Waals surface area contributed by atoms with Crippen LogP contribution in [0.3, 0.4) is 0 Å². The van der Waals surface area contributed by atoms with Crippen molar-refractivity contribution in [3.05, 3.63) is 64.2 Å². The molecule has 1 aliphatic heterocycles. The zero-order valence-electron chi connectivity index (χ0n) is 16.7. The summed E-state index contributed by atoms with van der Waals surface area (Å²) in [7, 11) is 1.63. The molecule has 0 atom stereocenters. The van der Waals surface area contributed by atoms with Gasteiger partial charge in [0.05, 0.1) is 12.0 Å². The van der Waals surface area contributed by atoms with E-state index in [1.807, 2.05) is 24.3 Å². The Kier molecular flexibility index (Phi) is 6.84. The van der Waals surface area contributed by atoms with Crippen LogP contribution in [0.4, 0.5) is 11.4 Å². The summed E-state index contributed by atoms with van der Waals surface area (Å²) in [6.45, 7) is 2.95. The molecule has 1 aliphatic rings. The number of piperazine rings is 1. The fraction of sp³-hybridized carbons (Fsp3) is 0.333. The van der Waals surface area contributed by atoms with Crippen LogP contribution in [0, 0.1) is 10.1 Å². The third-order valence-electron chi connectivity index (χ3n) is 5.03.